The zero-order valence-corrected chi connectivity index (χ0v) is 17.7. The lowest BCUT2D eigenvalue weighted by Gasteiger charge is -2.46. The molecule has 0 radical (unpaired) electrons. The summed E-state index contributed by atoms with van der Waals surface area (Å²) in [6.07, 6.45) is -3.06. The Bertz CT molecular complexity index is 1360. The van der Waals surface area contributed by atoms with Crippen LogP contribution in [-0.2, 0) is 39.9 Å². The van der Waals surface area contributed by atoms with Gasteiger partial charge in [0.1, 0.15) is 5.75 Å². The molecule has 4 unspecified atom stereocenters. The van der Waals surface area contributed by atoms with E-state index < -0.39 is 41.3 Å². The second-order valence-corrected chi connectivity index (χ2v) is 8.06. The number of carbonyl (C=O) groups excluding carboxylic acids is 3. The zero-order valence-electron chi connectivity index (χ0n) is 17.7. The fourth-order valence-corrected chi connectivity index (χ4v) is 5.13. The van der Waals surface area contributed by atoms with Crippen LogP contribution in [0.25, 0.3) is 10.8 Å². The van der Waals surface area contributed by atoms with E-state index in [1.807, 2.05) is 30.3 Å². The Morgan fingerprint density at radius 1 is 0.818 bits per heavy atom. The monoisotopic (exact) mass is 446 g/mol. The van der Waals surface area contributed by atoms with E-state index in [0.29, 0.717) is 22.4 Å². The highest BCUT2D eigenvalue weighted by molar-refractivity contribution is 6.11. The van der Waals surface area contributed by atoms with Crippen molar-refractivity contribution in [3.05, 3.63) is 77.4 Å². The van der Waals surface area contributed by atoms with Gasteiger partial charge in [0.05, 0.1) is 14.2 Å². The van der Waals surface area contributed by atoms with Crippen LogP contribution < -0.4 is 4.74 Å². The smallest absolute Gasteiger partial charge is 0.338 e. The first-order valence-electron chi connectivity index (χ1n) is 10.4. The van der Waals surface area contributed by atoms with Gasteiger partial charge in [0, 0.05) is 22.1 Å². The van der Waals surface area contributed by atoms with Crippen molar-refractivity contribution in [2.45, 2.75) is 23.6 Å². The molecule has 4 atom stereocenters. The van der Waals surface area contributed by atoms with E-state index in [9.17, 15) is 14.4 Å². The van der Waals surface area contributed by atoms with Crippen LogP contribution in [0.3, 0.4) is 0 Å². The first kappa shape index (κ1) is 19.9. The number of hydrogen-bond donors (Lipinski definition) is 0. The average molecular weight is 446 g/mol. The van der Waals surface area contributed by atoms with E-state index in [1.54, 1.807) is 30.3 Å². The SMILES string of the molecule is COC(=O)C1OC23Oc4c(ccc5ccccc45)C2(OC1C(=O)OC)C(=O)c1ccccc13. The molecule has 8 nitrogen and oxygen atoms in total. The second kappa shape index (κ2) is 6.63. The Morgan fingerprint density at radius 2 is 1.48 bits per heavy atom. The number of ether oxygens (including phenoxy) is 5. The Morgan fingerprint density at radius 3 is 2.24 bits per heavy atom. The Hall–Kier alpha value is -3.75. The van der Waals surface area contributed by atoms with Gasteiger partial charge in [-0.2, -0.15) is 0 Å². The van der Waals surface area contributed by atoms with E-state index in [4.69, 9.17) is 23.7 Å². The number of hydrogen-bond acceptors (Lipinski definition) is 8. The quantitative estimate of drug-likeness (QED) is 0.554. The minimum Gasteiger partial charge on any atom is -0.467 e. The molecule has 0 N–H and O–H groups in total. The normalized spacial score (nSPS) is 28.8. The predicted octanol–water partition coefficient (Wildman–Crippen LogP) is 2.61. The van der Waals surface area contributed by atoms with Gasteiger partial charge in [-0.05, 0) is 5.39 Å². The molecule has 166 valence electrons. The third-order valence-corrected chi connectivity index (χ3v) is 6.55. The van der Waals surface area contributed by atoms with Crippen LogP contribution in [0.4, 0.5) is 0 Å². The number of esters is 2. The highest BCUT2D eigenvalue weighted by Gasteiger charge is 2.78. The van der Waals surface area contributed by atoms with Gasteiger partial charge in [0.25, 0.3) is 5.79 Å². The van der Waals surface area contributed by atoms with Gasteiger partial charge in [-0.1, -0.05) is 60.7 Å². The largest absolute Gasteiger partial charge is 0.467 e. The van der Waals surface area contributed by atoms with E-state index in [2.05, 4.69) is 0 Å². The van der Waals surface area contributed by atoms with Crippen LogP contribution in [0, 0.1) is 0 Å². The first-order chi connectivity index (χ1) is 16.0. The lowest BCUT2D eigenvalue weighted by molar-refractivity contribution is -0.350. The standard InChI is InChI=1S/C25H18O8/c1-29-22(27)19-20(23(28)30-2)33-25-16-10-6-5-9-15(16)21(26)24(25,31-19)17-12-11-13-7-3-4-8-14(13)18(17)32-25/h3-12,19-20H,1-2H3. The van der Waals surface area contributed by atoms with E-state index >= 15 is 0 Å². The number of fused-ring (bicyclic) bond motifs is 4. The van der Waals surface area contributed by atoms with Crippen molar-refractivity contribution in [2.75, 3.05) is 14.2 Å². The third-order valence-electron chi connectivity index (χ3n) is 6.55. The van der Waals surface area contributed by atoms with E-state index in [0.717, 1.165) is 17.9 Å². The van der Waals surface area contributed by atoms with Gasteiger partial charge in [0.2, 0.25) is 11.4 Å². The number of carbonyl (C=O) groups is 3. The fraction of sp³-hybridized carbons (Fsp3) is 0.240. The van der Waals surface area contributed by atoms with Crippen LogP contribution >= 0.6 is 0 Å². The first-order valence-corrected chi connectivity index (χ1v) is 10.4. The summed E-state index contributed by atoms with van der Waals surface area (Å²) in [5.74, 6) is -3.58. The second-order valence-electron chi connectivity index (χ2n) is 8.06. The molecule has 8 heteroatoms. The molecule has 6 rings (SSSR count). The highest BCUT2D eigenvalue weighted by Crippen LogP contribution is 2.65. The summed E-state index contributed by atoms with van der Waals surface area (Å²) in [5, 5.41) is 1.63. The Kier molecular flexibility index (Phi) is 4.00. The molecule has 0 aromatic heterocycles. The molecule has 1 fully saturated rings. The maximum Gasteiger partial charge on any atom is 0.338 e. The molecule has 1 saturated heterocycles. The molecule has 3 aromatic rings. The molecule has 0 spiro atoms. The topological polar surface area (TPSA) is 97.4 Å². The number of methoxy groups -OCH3 is 2. The van der Waals surface area contributed by atoms with Crippen molar-refractivity contribution in [3.8, 4) is 5.75 Å². The van der Waals surface area contributed by atoms with Gasteiger partial charge in [-0.3, -0.25) is 4.79 Å². The van der Waals surface area contributed by atoms with E-state index in [1.165, 1.54) is 7.11 Å². The number of ketones is 1. The number of benzene rings is 3. The molecule has 0 amide bonds. The molecule has 0 saturated carbocycles. The van der Waals surface area contributed by atoms with Crippen LogP contribution in [-0.4, -0.2) is 44.1 Å². The zero-order chi connectivity index (χ0) is 23.0. The van der Waals surface area contributed by atoms with Crippen molar-refractivity contribution >= 4 is 28.5 Å². The molecular weight excluding hydrogens is 428 g/mol. The summed E-state index contributed by atoms with van der Waals surface area (Å²) in [5.41, 5.74) is -0.697. The van der Waals surface area contributed by atoms with Gasteiger partial charge >= 0.3 is 11.9 Å². The average Bonchev–Trinajstić information content (AvgIpc) is 3.28. The van der Waals surface area contributed by atoms with Crippen molar-refractivity contribution in [3.63, 3.8) is 0 Å². The molecule has 1 aliphatic carbocycles. The molecule has 33 heavy (non-hydrogen) atoms. The lowest BCUT2D eigenvalue weighted by Crippen LogP contribution is -2.65. The summed E-state index contributed by atoms with van der Waals surface area (Å²) in [4.78, 5) is 39.3. The maximum absolute atomic E-state index is 14.0. The van der Waals surface area contributed by atoms with Gasteiger partial charge in [0.15, 0.2) is 12.2 Å². The summed E-state index contributed by atoms with van der Waals surface area (Å²) < 4.78 is 28.8. The summed E-state index contributed by atoms with van der Waals surface area (Å²) in [7, 11) is 2.34. The maximum atomic E-state index is 14.0. The Balaban J connectivity index is 1.67. The van der Waals surface area contributed by atoms with Gasteiger partial charge in [-0.25, -0.2) is 9.59 Å². The van der Waals surface area contributed by atoms with Crippen LogP contribution in [0.2, 0.25) is 0 Å². The van der Waals surface area contributed by atoms with Gasteiger partial charge < -0.3 is 23.7 Å². The molecule has 0 bridgehead atoms. The summed E-state index contributed by atoms with van der Waals surface area (Å²) in [6.45, 7) is 0. The predicted molar refractivity (Wildman–Crippen MR) is 112 cm³/mol. The van der Waals surface area contributed by atoms with Crippen LogP contribution in [0.1, 0.15) is 21.5 Å². The minimum absolute atomic E-state index is 0.324. The fourth-order valence-electron chi connectivity index (χ4n) is 5.13. The lowest BCUT2D eigenvalue weighted by atomic mass is 9.83. The van der Waals surface area contributed by atoms with Crippen molar-refractivity contribution in [1.82, 2.24) is 0 Å². The van der Waals surface area contributed by atoms with E-state index in [-0.39, 0.29) is 0 Å². The van der Waals surface area contributed by atoms with Gasteiger partial charge in [-0.15, -0.1) is 0 Å². The van der Waals surface area contributed by atoms with Crippen molar-refractivity contribution in [1.29, 1.82) is 0 Å². The Labute approximate surface area is 187 Å². The summed E-state index contributed by atoms with van der Waals surface area (Å²) >= 11 is 0. The highest BCUT2D eigenvalue weighted by atomic mass is 16.8. The third kappa shape index (κ3) is 2.24. The minimum atomic E-state index is -1.85. The molecular formula is C25H18O8. The molecule has 2 aliphatic heterocycles. The molecule has 2 heterocycles. The van der Waals surface area contributed by atoms with Crippen LogP contribution in [0.5, 0.6) is 5.75 Å². The number of Topliss-reactive ketones (excluding diaryl/α,β-unsaturated/α-hetero) is 1. The van der Waals surface area contributed by atoms with Crippen LogP contribution in [0.15, 0.2) is 60.7 Å². The number of rotatable bonds is 2. The van der Waals surface area contributed by atoms with Crippen molar-refractivity contribution < 1.29 is 38.1 Å². The van der Waals surface area contributed by atoms with Crippen molar-refractivity contribution in [2.24, 2.45) is 0 Å². The molecule has 3 aliphatic rings. The summed E-state index contributed by atoms with van der Waals surface area (Å²) in [6, 6.07) is 17.9. The molecule has 3 aromatic carbocycles.